The molecule has 31 heavy (non-hydrogen) atoms. The summed E-state index contributed by atoms with van der Waals surface area (Å²) in [5.74, 6) is 0.999. The van der Waals surface area contributed by atoms with Crippen LogP contribution < -0.4 is 9.47 Å². The summed E-state index contributed by atoms with van der Waals surface area (Å²) in [5.41, 5.74) is 1.51. The lowest BCUT2D eigenvalue weighted by molar-refractivity contribution is 0.0763. The second kappa shape index (κ2) is 10.2. The first kappa shape index (κ1) is 23.1. The van der Waals surface area contributed by atoms with E-state index >= 15 is 0 Å². The van der Waals surface area contributed by atoms with E-state index in [1.54, 1.807) is 47.4 Å². The van der Waals surface area contributed by atoms with Gasteiger partial charge in [-0.15, -0.1) is 0 Å². The molecule has 3 rings (SSSR count). The number of amides is 1. The fourth-order valence-corrected chi connectivity index (χ4v) is 5.03. The van der Waals surface area contributed by atoms with Gasteiger partial charge in [0.1, 0.15) is 0 Å². The second-order valence-corrected chi connectivity index (χ2v) is 9.33. The summed E-state index contributed by atoms with van der Waals surface area (Å²) in [6, 6.07) is 12.0. The van der Waals surface area contributed by atoms with E-state index in [4.69, 9.17) is 9.47 Å². The fraction of sp³-hybridized carbons (Fsp3) is 0.435. The Bertz CT molecular complexity index is 1010. The van der Waals surface area contributed by atoms with Gasteiger partial charge in [0.25, 0.3) is 5.91 Å². The standard InChI is InChI=1S/C23H30N2O5S/c1-4-29-21-12-9-19(17-22(21)30-5-2)23(26)24-13-6-14-25(16-15-24)31(27,28)20-10-7-18(3)8-11-20/h7-12,17H,4-6,13-16H2,1-3H3. The van der Waals surface area contributed by atoms with Crippen LogP contribution in [-0.4, -0.2) is 62.9 Å². The highest BCUT2D eigenvalue weighted by molar-refractivity contribution is 7.89. The number of rotatable bonds is 7. The molecule has 168 valence electrons. The molecular weight excluding hydrogens is 416 g/mol. The van der Waals surface area contributed by atoms with Gasteiger partial charge in [0.15, 0.2) is 11.5 Å². The zero-order valence-corrected chi connectivity index (χ0v) is 19.2. The van der Waals surface area contributed by atoms with E-state index in [2.05, 4.69) is 0 Å². The highest BCUT2D eigenvalue weighted by atomic mass is 32.2. The van der Waals surface area contributed by atoms with Crippen molar-refractivity contribution in [3.05, 3.63) is 53.6 Å². The molecular formula is C23H30N2O5S. The van der Waals surface area contributed by atoms with E-state index in [1.807, 2.05) is 20.8 Å². The summed E-state index contributed by atoms with van der Waals surface area (Å²) in [6.45, 7) is 8.13. The lowest BCUT2D eigenvalue weighted by atomic mass is 10.1. The molecule has 0 aromatic heterocycles. The molecule has 0 spiro atoms. The Morgan fingerprint density at radius 2 is 1.58 bits per heavy atom. The minimum absolute atomic E-state index is 0.140. The van der Waals surface area contributed by atoms with Gasteiger partial charge in [-0.05, 0) is 57.5 Å². The first-order chi connectivity index (χ1) is 14.9. The number of ether oxygens (including phenoxy) is 2. The van der Waals surface area contributed by atoms with Crippen molar-refractivity contribution in [3.63, 3.8) is 0 Å². The molecule has 0 radical (unpaired) electrons. The van der Waals surface area contributed by atoms with Crippen molar-refractivity contribution in [2.75, 3.05) is 39.4 Å². The predicted molar refractivity (Wildman–Crippen MR) is 119 cm³/mol. The number of carbonyl (C=O) groups excluding carboxylic acids is 1. The number of benzene rings is 2. The van der Waals surface area contributed by atoms with Crippen molar-refractivity contribution in [2.45, 2.75) is 32.1 Å². The number of carbonyl (C=O) groups is 1. The third-order valence-electron chi connectivity index (χ3n) is 5.19. The molecule has 1 aliphatic rings. The molecule has 8 heteroatoms. The molecule has 1 fully saturated rings. The summed E-state index contributed by atoms with van der Waals surface area (Å²) in [4.78, 5) is 15.1. The van der Waals surface area contributed by atoms with Crippen molar-refractivity contribution in [1.29, 1.82) is 0 Å². The van der Waals surface area contributed by atoms with Crippen LogP contribution >= 0.6 is 0 Å². The van der Waals surface area contributed by atoms with Crippen LogP contribution in [0, 0.1) is 6.92 Å². The average Bonchev–Trinajstić information content (AvgIpc) is 3.02. The Labute approximate surface area is 184 Å². The fourth-order valence-electron chi connectivity index (χ4n) is 3.56. The minimum Gasteiger partial charge on any atom is -0.490 e. The third-order valence-corrected chi connectivity index (χ3v) is 7.10. The smallest absolute Gasteiger partial charge is 0.254 e. The Balaban J connectivity index is 1.74. The Kier molecular flexibility index (Phi) is 7.56. The van der Waals surface area contributed by atoms with Crippen LogP contribution in [0.4, 0.5) is 0 Å². The SMILES string of the molecule is CCOc1ccc(C(=O)N2CCCN(S(=O)(=O)c3ccc(C)cc3)CC2)cc1OCC. The summed E-state index contributed by atoms with van der Waals surface area (Å²) < 4.78 is 38.7. The lowest BCUT2D eigenvalue weighted by Gasteiger charge is -2.22. The summed E-state index contributed by atoms with van der Waals surface area (Å²) in [7, 11) is -3.58. The first-order valence-corrected chi connectivity index (χ1v) is 12.1. The van der Waals surface area contributed by atoms with Crippen LogP contribution in [0.25, 0.3) is 0 Å². The van der Waals surface area contributed by atoms with Crippen molar-refractivity contribution < 1.29 is 22.7 Å². The number of nitrogens with zero attached hydrogens (tertiary/aromatic N) is 2. The van der Waals surface area contributed by atoms with Crippen molar-refractivity contribution in [3.8, 4) is 11.5 Å². The topological polar surface area (TPSA) is 76.2 Å². The molecule has 7 nitrogen and oxygen atoms in total. The molecule has 1 saturated heterocycles. The monoisotopic (exact) mass is 446 g/mol. The summed E-state index contributed by atoms with van der Waals surface area (Å²) in [5, 5.41) is 0. The quantitative estimate of drug-likeness (QED) is 0.652. The van der Waals surface area contributed by atoms with Gasteiger partial charge >= 0.3 is 0 Å². The number of hydrogen-bond acceptors (Lipinski definition) is 5. The summed E-state index contributed by atoms with van der Waals surface area (Å²) >= 11 is 0. The van der Waals surface area contributed by atoms with Gasteiger partial charge in [-0.2, -0.15) is 4.31 Å². The molecule has 1 heterocycles. The molecule has 0 bridgehead atoms. The van der Waals surface area contributed by atoms with Crippen molar-refractivity contribution >= 4 is 15.9 Å². The van der Waals surface area contributed by atoms with Crippen LogP contribution in [0.15, 0.2) is 47.4 Å². The summed E-state index contributed by atoms with van der Waals surface area (Å²) in [6.07, 6.45) is 0.576. The maximum Gasteiger partial charge on any atom is 0.254 e. The molecule has 0 unspecified atom stereocenters. The highest BCUT2D eigenvalue weighted by Gasteiger charge is 2.28. The zero-order chi connectivity index (χ0) is 22.4. The molecule has 2 aromatic carbocycles. The molecule has 0 saturated carbocycles. The van der Waals surface area contributed by atoms with Gasteiger partial charge < -0.3 is 14.4 Å². The molecule has 0 atom stereocenters. The van der Waals surface area contributed by atoms with E-state index < -0.39 is 10.0 Å². The molecule has 0 aliphatic carbocycles. The molecule has 1 aliphatic heterocycles. The normalized spacial score (nSPS) is 15.4. The number of aryl methyl sites for hydroxylation is 1. The van der Waals surface area contributed by atoms with Gasteiger partial charge in [-0.3, -0.25) is 4.79 Å². The van der Waals surface area contributed by atoms with Gasteiger partial charge in [-0.1, -0.05) is 17.7 Å². The van der Waals surface area contributed by atoms with E-state index in [1.165, 1.54) is 4.31 Å². The van der Waals surface area contributed by atoms with E-state index in [-0.39, 0.29) is 17.3 Å². The maximum absolute atomic E-state index is 13.1. The van der Waals surface area contributed by atoms with Crippen LogP contribution in [0.2, 0.25) is 0 Å². The van der Waals surface area contributed by atoms with Crippen LogP contribution in [0.1, 0.15) is 36.2 Å². The van der Waals surface area contributed by atoms with E-state index in [0.717, 1.165) is 5.56 Å². The number of hydrogen-bond donors (Lipinski definition) is 0. The molecule has 1 amide bonds. The Hall–Kier alpha value is -2.58. The van der Waals surface area contributed by atoms with Crippen molar-refractivity contribution in [1.82, 2.24) is 9.21 Å². The highest BCUT2D eigenvalue weighted by Crippen LogP contribution is 2.29. The van der Waals surface area contributed by atoms with Crippen molar-refractivity contribution in [2.24, 2.45) is 0 Å². The van der Waals surface area contributed by atoms with Gasteiger partial charge in [0.05, 0.1) is 18.1 Å². The van der Waals surface area contributed by atoms with Gasteiger partial charge in [0.2, 0.25) is 10.0 Å². The third kappa shape index (κ3) is 5.37. The molecule has 2 aromatic rings. The van der Waals surface area contributed by atoms with Crippen LogP contribution in [0.3, 0.4) is 0 Å². The first-order valence-electron chi connectivity index (χ1n) is 10.6. The van der Waals surface area contributed by atoms with E-state index in [9.17, 15) is 13.2 Å². The van der Waals surface area contributed by atoms with Crippen LogP contribution in [-0.2, 0) is 10.0 Å². The minimum atomic E-state index is -3.58. The van der Waals surface area contributed by atoms with Gasteiger partial charge in [0, 0.05) is 31.7 Å². The Morgan fingerprint density at radius 3 is 2.26 bits per heavy atom. The van der Waals surface area contributed by atoms with Crippen LogP contribution in [0.5, 0.6) is 11.5 Å². The lowest BCUT2D eigenvalue weighted by Crippen LogP contribution is -2.37. The maximum atomic E-state index is 13.1. The largest absolute Gasteiger partial charge is 0.490 e. The zero-order valence-electron chi connectivity index (χ0n) is 18.3. The predicted octanol–water partition coefficient (Wildman–Crippen LogP) is 3.33. The van der Waals surface area contributed by atoms with E-state index in [0.29, 0.717) is 56.3 Å². The van der Waals surface area contributed by atoms with Gasteiger partial charge in [-0.25, -0.2) is 8.42 Å². The Morgan fingerprint density at radius 1 is 0.903 bits per heavy atom. The second-order valence-electron chi connectivity index (χ2n) is 7.39. The number of sulfonamides is 1. The average molecular weight is 447 g/mol. The molecule has 0 N–H and O–H groups in total.